The van der Waals surface area contributed by atoms with Gasteiger partial charge < -0.3 is 10.8 Å². The molecule has 0 saturated carbocycles. The summed E-state index contributed by atoms with van der Waals surface area (Å²) in [6.07, 6.45) is 4.23. The molecule has 1 rings (SSSR count). The number of allylic oxidation sites excluding steroid dienone is 2. The molecule has 0 aliphatic heterocycles. The molecule has 0 unspecified atom stereocenters. The highest BCUT2D eigenvalue weighted by atomic mass is 14.5. The van der Waals surface area contributed by atoms with E-state index in [4.69, 9.17) is 10.8 Å². The first-order chi connectivity index (χ1) is 4.72. The second-order valence-corrected chi connectivity index (χ2v) is 2.64. The largest absolute Gasteiger partial charge is 0.309 e. The molecule has 2 heteroatoms. The third-order valence-corrected chi connectivity index (χ3v) is 1.68. The van der Waals surface area contributed by atoms with Crippen molar-refractivity contribution in [1.82, 2.24) is 0 Å². The molecule has 0 fully saturated rings. The molecular weight excluding hydrogens is 124 g/mol. The van der Waals surface area contributed by atoms with Crippen molar-refractivity contribution in [1.29, 1.82) is 10.8 Å². The smallest absolute Gasteiger partial charge is 0.0369 e. The normalized spacial score (nSPS) is 19.1. The lowest BCUT2D eigenvalue weighted by atomic mass is 9.95. The van der Waals surface area contributed by atoms with E-state index in [-0.39, 0.29) is 0 Å². The highest BCUT2D eigenvalue weighted by Gasteiger charge is 2.09. The number of hydrogen-bond donors (Lipinski definition) is 2. The zero-order valence-electron chi connectivity index (χ0n) is 6.20. The van der Waals surface area contributed by atoms with Crippen molar-refractivity contribution in [2.45, 2.75) is 26.2 Å². The minimum absolute atomic E-state index is 0.559. The van der Waals surface area contributed by atoms with Crippen LogP contribution in [0.15, 0.2) is 11.6 Å². The fraction of sp³-hybridized carbons (Fsp3) is 0.500. The van der Waals surface area contributed by atoms with E-state index in [0.717, 1.165) is 12.8 Å². The third kappa shape index (κ3) is 1.53. The average molecular weight is 136 g/mol. The van der Waals surface area contributed by atoms with Gasteiger partial charge in [-0.1, -0.05) is 12.5 Å². The predicted molar refractivity (Wildman–Crippen MR) is 43.1 cm³/mol. The number of rotatable bonds is 1. The molecule has 1 aliphatic carbocycles. The van der Waals surface area contributed by atoms with Gasteiger partial charge in [0.05, 0.1) is 0 Å². The van der Waals surface area contributed by atoms with Crippen molar-refractivity contribution < 1.29 is 0 Å². The van der Waals surface area contributed by atoms with Gasteiger partial charge in [-0.2, -0.15) is 0 Å². The molecule has 0 amide bonds. The quantitative estimate of drug-likeness (QED) is 0.555. The van der Waals surface area contributed by atoms with Crippen molar-refractivity contribution in [2.24, 2.45) is 0 Å². The molecule has 0 aromatic heterocycles. The van der Waals surface area contributed by atoms with E-state index in [1.165, 1.54) is 5.57 Å². The molecule has 0 radical (unpaired) electrons. The molecule has 0 aromatic carbocycles. The van der Waals surface area contributed by atoms with Crippen molar-refractivity contribution in [3.8, 4) is 0 Å². The maximum atomic E-state index is 7.37. The van der Waals surface area contributed by atoms with Gasteiger partial charge in [0, 0.05) is 24.3 Å². The summed E-state index contributed by atoms with van der Waals surface area (Å²) in [5.41, 5.74) is 2.50. The maximum Gasteiger partial charge on any atom is 0.0369 e. The van der Waals surface area contributed by atoms with Crippen LogP contribution in [0, 0.1) is 10.8 Å². The third-order valence-electron chi connectivity index (χ3n) is 1.68. The van der Waals surface area contributed by atoms with Gasteiger partial charge in [-0.3, -0.25) is 0 Å². The predicted octanol–water partition coefficient (Wildman–Crippen LogP) is 2.16. The van der Waals surface area contributed by atoms with E-state index in [9.17, 15) is 0 Å². The van der Waals surface area contributed by atoms with Crippen molar-refractivity contribution in [3.63, 3.8) is 0 Å². The summed E-state index contributed by atoms with van der Waals surface area (Å²) in [5.74, 6) is 0. The Morgan fingerprint density at radius 2 is 2.10 bits per heavy atom. The van der Waals surface area contributed by atoms with Crippen LogP contribution in [0.1, 0.15) is 26.2 Å². The van der Waals surface area contributed by atoms with Gasteiger partial charge in [-0.15, -0.1) is 0 Å². The summed E-state index contributed by atoms with van der Waals surface area (Å²) in [6.45, 7) is 2.07. The van der Waals surface area contributed by atoms with Crippen LogP contribution in [0.25, 0.3) is 0 Å². The molecule has 0 saturated heterocycles. The van der Waals surface area contributed by atoms with E-state index in [2.05, 4.69) is 6.92 Å². The van der Waals surface area contributed by atoms with Gasteiger partial charge in [0.1, 0.15) is 0 Å². The van der Waals surface area contributed by atoms with Gasteiger partial charge in [0.2, 0.25) is 0 Å². The molecule has 10 heavy (non-hydrogen) atoms. The Morgan fingerprint density at radius 1 is 1.40 bits per heavy atom. The SMILES string of the molecule is CCC1=CC(=N)CC(=N)C1. The van der Waals surface area contributed by atoms with Crippen LogP contribution < -0.4 is 0 Å². The zero-order valence-corrected chi connectivity index (χ0v) is 6.20. The van der Waals surface area contributed by atoms with Crippen LogP contribution in [0.4, 0.5) is 0 Å². The molecule has 2 N–H and O–H groups in total. The maximum absolute atomic E-state index is 7.37. The molecule has 0 atom stereocenters. The van der Waals surface area contributed by atoms with E-state index >= 15 is 0 Å². The lowest BCUT2D eigenvalue weighted by Crippen LogP contribution is -2.11. The summed E-state index contributed by atoms with van der Waals surface area (Å²) < 4.78 is 0. The Labute approximate surface area is 61.0 Å². The number of nitrogens with one attached hydrogen (secondary N) is 2. The zero-order chi connectivity index (χ0) is 7.56. The van der Waals surface area contributed by atoms with Crippen LogP contribution in [0.5, 0.6) is 0 Å². The van der Waals surface area contributed by atoms with Gasteiger partial charge in [-0.05, 0) is 12.5 Å². The first-order valence-electron chi connectivity index (χ1n) is 3.55. The summed E-state index contributed by atoms with van der Waals surface area (Å²) in [6, 6.07) is 0. The summed E-state index contributed by atoms with van der Waals surface area (Å²) >= 11 is 0. The first-order valence-corrected chi connectivity index (χ1v) is 3.55. The minimum atomic E-state index is 0.559. The topological polar surface area (TPSA) is 47.7 Å². The Kier molecular flexibility index (Phi) is 2.00. The summed E-state index contributed by atoms with van der Waals surface area (Å²) in [5, 5.41) is 14.7. The van der Waals surface area contributed by atoms with Gasteiger partial charge in [0.25, 0.3) is 0 Å². The van der Waals surface area contributed by atoms with Crippen LogP contribution in [-0.2, 0) is 0 Å². The fourth-order valence-corrected chi connectivity index (χ4v) is 1.14. The Bertz CT molecular complexity index is 201. The molecule has 0 heterocycles. The molecule has 1 aliphatic rings. The van der Waals surface area contributed by atoms with Gasteiger partial charge in [-0.25, -0.2) is 0 Å². The molecule has 0 aromatic rings. The van der Waals surface area contributed by atoms with E-state index < -0.39 is 0 Å². The standard InChI is InChI=1S/C8H12N2/c1-2-6-3-7(9)5-8(10)4-6/h3,9-10H,2,4-5H2,1H3. The molecular formula is C8H12N2. The lowest BCUT2D eigenvalue weighted by molar-refractivity contribution is 1.02. The second-order valence-electron chi connectivity index (χ2n) is 2.64. The fourth-order valence-electron chi connectivity index (χ4n) is 1.14. The Hall–Kier alpha value is -0.920. The van der Waals surface area contributed by atoms with Crippen LogP contribution in [0.2, 0.25) is 0 Å². The Morgan fingerprint density at radius 3 is 2.60 bits per heavy atom. The Balaban J connectivity index is 2.74. The van der Waals surface area contributed by atoms with E-state index in [0.29, 0.717) is 17.8 Å². The molecule has 0 bridgehead atoms. The summed E-state index contributed by atoms with van der Waals surface area (Å²) in [4.78, 5) is 0. The average Bonchev–Trinajstić information content (AvgIpc) is 1.85. The van der Waals surface area contributed by atoms with Gasteiger partial charge in [0.15, 0.2) is 0 Å². The number of hydrogen-bond acceptors (Lipinski definition) is 2. The van der Waals surface area contributed by atoms with Gasteiger partial charge >= 0.3 is 0 Å². The minimum Gasteiger partial charge on any atom is -0.309 e. The first kappa shape index (κ1) is 7.19. The van der Waals surface area contributed by atoms with Crippen molar-refractivity contribution in [3.05, 3.63) is 11.6 Å². The van der Waals surface area contributed by atoms with E-state index in [1.54, 1.807) is 0 Å². The highest BCUT2D eigenvalue weighted by Crippen LogP contribution is 2.14. The highest BCUT2D eigenvalue weighted by molar-refractivity contribution is 6.10. The second kappa shape index (κ2) is 2.78. The van der Waals surface area contributed by atoms with Crippen LogP contribution in [-0.4, -0.2) is 11.4 Å². The molecule has 2 nitrogen and oxygen atoms in total. The monoisotopic (exact) mass is 136 g/mol. The van der Waals surface area contributed by atoms with E-state index in [1.807, 2.05) is 6.08 Å². The van der Waals surface area contributed by atoms with Crippen LogP contribution in [0.3, 0.4) is 0 Å². The molecule has 0 spiro atoms. The summed E-state index contributed by atoms with van der Waals surface area (Å²) in [7, 11) is 0. The lowest BCUT2D eigenvalue weighted by Gasteiger charge is -2.12. The molecule has 54 valence electrons. The van der Waals surface area contributed by atoms with Crippen molar-refractivity contribution >= 4 is 11.4 Å². The van der Waals surface area contributed by atoms with Crippen molar-refractivity contribution in [2.75, 3.05) is 0 Å². The van der Waals surface area contributed by atoms with Crippen LogP contribution >= 0.6 is 0 Å².